The third kappa shape index (κ3) is 3.83. The predicted octanol–water partition coefficient (Wildman–Crippen LogP) is 4.00. The molecule has 25 heavy (non-hydrogen) atoms. The Morgan fingerprint density at radius 2 is 1.72 bits per heavy atom. The number of hydrogen-bond donors (Lipinski definition) is 0. The van der Waals surface area contributed by atoms with Crippen molar-refractivity contribution in [3.8, 4) is 28.4 Å². The molecule has 5 nitrogen and oxygen atoms in total. The molecule has 0 N–H and O–H groups in total. The van der Waals surface area contributed by atoms with Crippen LogP contribution in [0.15, 0.2) is 60.7 Å². The smallest absolute Gasteiger partial charge is 0.357 e. The highest BCUT2D eigenvalue weighted by Gasteiger charge is 2.15. The fourth-order valence-corrected chi connectivity index (χ4v) is 2.40. The number of esters is 1. The van der Waals surface area contributed by atoms with Crippen molar-refractivity contribution < 1.29 is 14.3 Å². The Morgan fingerprint density at radius 1 is 0.960 bits per heavy atom. The SMILES string of the molecule is CCOC(=O)c1cc(-c2cccc(OC)c2)nc(-c2ccccc2)n1. The van der Waals surface area contributed by atoms with E-state index in [0.29, 0.717) is 11.5 Å². The van der Waals surface area contributed by atoms with Crippen molar-refractivity contribution in [3.05, 3.63) is 66.4 Å². The van der Waals surface area contributed by atoms with Gasteiger partial charge in [-0.25, -0.2) is 14.8 Å². The molecule has 2 aromatic carbocycles. The molecule has 5 heteroatoms. The number of carbonyl (C=O) groups is 1. The Bertz CT molecular complexity index is 879. The van der Waals surface area contributed by atoms with Crippen molar-refractivity contribution in [1.29, 1.82) is 0 Å². The highest BCUT2D eigenvalue weighted by molar-refractivity contribution is 5.89. The van der Waals surface area contributed by atoms with Crippen LogP contribution in [0.1, 0.15) is 17.4 Å². The summed E-state index contributed by atoms with van der Waals surface area (Å²) < 4.78 is 10.4. The zero-order chi connectivity index (χ0) is 17.6. The highest BCUT2D eigenvalue weighted by Crippen LogP contribution is 2.25. The summed E-state index contributed by atoms with van der Waals surface area (Å²) in [5, 5.41) is 0. The fraction of sp³-hybridized carbons (Fsp3) is 0.150. The molecule has 0 spiro atoms. The summed E-state index contributed by atoms with van der Waals surface area (Å²) in [6.07, 6.45) is 0. The van der Waals surface area contributed by atoms with Gasteiger partial charge in [0.15, 0.2) is 11.5 Å². The first kappa shape index (κ1) is 16.6. The number of nitrogens with zero attached hydrogens (tertiary/aromatic N) is 2. The van der Waals surface area contributed by atoms with Crippen LogP contribution in [0.3, 0.4) is 0 Å². The second-order valence-corrected chi connectivity index (χ2v) is 5.28. The quantitative estimate of drug-likeness (QED) is 0.660. The van der Waals surface area contributed by atoms with Gasteiger partial charge in [0.2, 0.25) is 0 Å². The number of hydrogen-bond acceptors (Lipinski definition) is 5. The molecule has 0 unspecified atom stereocenters. The molecule has 0 fully saturated rings. The maximum absolute atomic E-state index is 12.2. The zero-order valence-electron chi connectivity index (χ0n) is 14.1. The highest BCUT2D eigenvalue weighted by atomic mass is 16.5. The van der Waals surface area contributed by atoms with E-state index in [4.69, 9.17) is 9.47 Å². The number of rotatable bonds is 5. The molecule has 3 rings (SSSR count). The average Bonchev–Trinajstić information content (AvgIpc) is 2.68. The van der Waals surface area contributed by atoms with Crippen molar-refractivity contribution in [2.75, 3.05) is 13.7 Å². The molecule has 0 amide bonds. The Labute approximate surface area is 146 Å². The van der Waals surface area contributed by atoms with E-state index in [1.54, 1.807) is 20.1 Å². The van der Waals surface area contributed by atoms with Gasteiger partial charge in [0, 0.05) is 11.1 Å². The van der Waals surface area contributed by atoms with Crippen molar-refractivity contribution in [2.24, 2.45) is 0 Å². The second-order valence-electron chi connectivity index (χ2n) is 5.28. The molecule has 0 bridgehead atoms. The first-order chi connectivity index (χ1) is 12.2. The van der Waals surface area contributed by atoms with Crippen LogP contribution in [-0.2, 0) is 4.74 Å². The topological polar surface area (TPSA) is 61.3 Å². The maximum Gasteiger partial charge on any atom is 0.357 e. The van der Waals surface area contributed by atoms with Crippen molar-refractivity contribution in [3.63, 3.8) is 0 Å². The molecule has 0 radical (unpaired) electrons. The fourth-order valence-electron chi connectivity index (χ4n) is 2.40. The van der Waals surface area contributed by atoms with Crippen molar-refractivity contribution >= 4 is 5.97 Å². The van der Waals surface area contributed by atoms with E-state index in [2.05, 4.69) is 9.97 Å². The summed E-state index contributed by atoms with van der Waals surface area (Å²) in [5.41, 5.74) is 2.53. The van der Waals surface area contributed by atoms with E-state index in [-0.39, 0.29) is 12.3 Å². The van der Waals surface area contributed by atoms with Gasteiger partial charge < -0.3 is 9.47 Å². The molecule has 0 aliphatic rings. The van der Waals surface area contributed by atoms with Gasteiger partial charge in [-0.15, -0.1) is 0 Å². The number of ether oxygens (including phenoxy) is 2. The van der Waals surface area contributed by atoms with E-state index < -0.39 is 5.97 Å². The van der Waals surface area contributed by atoms with E-state index in [0.717, 1.165) is 16.9 Å². The minimum Gasteiger partial charge on any atom is -0.497 e. The van der Waals surface area contributed by atoms with E-state index in [1.807, 2.05) is 54.6 Å². The van der Waals surface area contributed by atoms with Crippen LogP contribution in [0.5, 0.6) is 5.75 Å². The number of methoxy groups -OCH3 is 1. The van der Waals surface area contributed by atoms with Crippen LogP contribution in [-0.4, -0.2) is 29.7 Å². The van der Waals surface area contributed by atoms with Crippen LogP contribution in [0.2, 0.25) is 0 Å². The predicted molar refractivity (Wildman–Crippen MR) is 95.4 cm³/mol. The van der Waals surface area contributed by atoms with Gasteiger partial charge >= 0.3 is 5.97 Å². The van der Waals surface area contributed by atoms with Crippen LogP contribution in [0.25, 0.3) is 22.6 Å². The number of benzene rings is 2. The standard InChI is InChI=1S/C20H18N2O3/c1-3-25-20(23)18-13-17(15-10-7-11-16(12-15)24-2)21-19(22-18)14-8-5-4-6-9-14/h4-13H,3H2,1-2H3. The van der Waals surface area contributed by atoms with E-state index in [1.165, 1.54) is 0 Å². The van der Waals surface area contributed by atoms with Gasteiger partial charge in [0.25, 0.3) is 0 Å². The van der Waals surface area contributed by atoms with Gasteiger partial charge in [-0.3, -0.25) is 0 Å². The maximum atomic E-state index is 12.2. The third-order valence-corrected chi connectivity index (χ3v) is 3.61. The van der Waals surface area contributed by atoms with Gasteiger partial charge in [0.05, 0.1) is 19.4 Å². The number of aromatic nitrogens is 2. The largest absolute Gasteiger partial charge is 0.497 e. The lowest BCUT2D eigenvalue weighted by molar-refractivity contribution is 0.0519. The molecule has 3 aromatic rings. The minimum atomic E-state index is -0.466. The van der Waals surface area contributed by atoms with Crippen LogP contribution >= 0.6 is 0 Å². The molecule has 1 heterocycles. The lowest BCUT2D eigenvalue weighted by Gasteiger charge is -2.09. The molecule has 0 saturated heterocycles. The molecule has 126 valence electrons. The monoisotopic (exact) mass is 334 g/mol. The molecule has 1 aromatic heterocycles. The van der Waals surface area contributed by atoms with E-state index in [9.17, 15) is 4.79 Å². The van der Waals surface area contributed by atoms with Gasteiger partial charge in [0.1, 0.15) is 5.75 Å². The van der Waals surface area contributed by atoms with Gasteiger partial charge in [-0.2, -0.15) is 0 Å². The summed E-state index contributed by atoms with van der Waals surface area (Å²) in [5.74, 6) is 0.727. The summed E-state index contributed by atoms with van der Waals surface area (Å²) in [6.45, 7) is 2.05. The molecular weight excluding hydrogens is 316 g/mol. The normalized spacial score (nSPS) is 10.3. The first-order valence-corrected chi connectivity index (χ1v) is 7.97. The summed E-state index contributed by atoms with van der Waals surface area (Å²) in [7, 11) is 1.61. The lowest BCUT2D eigenvalue weighted by Crippen LogP contribution is -2.09. The Morgan fingerprint density at radius 3 is 2.44 bits per heavy atom. The van der Waals surface area contributed by atoms with Crippen molar-refractivity contribution in [2.45, 2.75) is 6.92 Å². The van der Waals surface area contributed by atoms with Crippen LogP contribution in [0, 0.1) is 0 Å². The molecule has 0 saturated carbocycles. The lowest BCUT2D eigenvalue weighted by atomic mass is 10.1. The molecular formula is C20H18N2O3. The average molecular weight is 334 g/mol. The van der Waals surface area contributed by atoms with Crippen LogP contribution < -0.4 is 4.74 Å². The first-order valence-electron chi connectivity index (χ1n) is 7.97. The summed E-state index contributed by atoms with van der Waals surface area (Å²) >= 11 is 0. The Kier molecular flexibility index (Phi) is 5.04. The summed E-state index contributed by atoms with van der Waals surface area (Å²) in [4.78, 5) is 21.2. The van der Waals surface area contributed by atoms with E-state index >= 15 is 0 Å². The summed E-state index contributed by atoms with van der Waals surface area (Å²) in [6, 6.07) is 18.7. The van der Waals surface area contributed by atoms with Gasteiger partial charge in [-0.05, 0) is 25.1 Å². The van der Waals surface area contributed by atoms with Crippen molar-refractivity contribution in [1.82, 2.24) is 9.97 Å². The molecule has 0 aliphatic heterocycles. The van der Waals surface area contributed by atoms with Crippen LogP contribution in [0.4, 0.5) is 0 Å². The minimum absolute atomic E-state index is 0.230. The third-order valence-electron chi connectivity index (χ3n) is 3.61. The second kappa shape index (κ2) is 7.57. The zero-order valence-corrected chi connectivity index (χ0v) is 14.1. The molecule has 0 aliphatic carbocycles. The number of carbonyl (C=O) groups excluding carboxylic acids is 1. The molecule has 0 atom stereocenters. The van der Waals surface area contributed by atoms with Gasteiger partial charge in [-0.1, -0.05) is 42.5 Å². The Balaban J connectivity index is 2.13. The Hall–Kier alpha value is -3.21.